The largest absolute Gasteiger partial charge is 0.476 e. The normalized spacial score (nSPS) is 22.5. The fourth-order valence-corrected chi connectivity index (χ4v) is 2.16. The molecule has 1 fully saturated rings. The Bertz CT molecular complexity index is 426. The zero-order valence-corrected chi connectivity index (χ0v) is 12.6. The summed E-state index contributed by atoms with van der Waals surface area (Å²) >= 11 is 0. The van der Waals surface area contributed by atoms with E-state index in [1.165, 1.54) is 11.1 Å². The van der Waals surface area contributed by atoms with Crippen LogP contribution in [-0.2, 0) is 15.7 Å². The van der Waals surface area contributed by atoms with E-state index in [-0.39, 0.29) is 24.3 Å². The predicted octanol–water partition coefficient (Wildman–Crippen LogP) is 2.50. The van der Waals surface area contributed by atoms with E-state index in [2.05, 4.69) is 31.2 Å². The molecule has 1 saturated heterocycles. The Labute approximate surface area is 116 Å². The highest BCUT2D eigenvalue weighted by atomic mass is 16.7. The van der Waals surface area contributed by atoms with Gasteiger partial charge in [0.2, 0.25) is 0 Å². The summed E-state index contributed by atoms with van der Waals surface area (Å²) in [7, 11) is -0.341. The molecule has 2 N–H and O–H groups in total. The Morgan fingerprint density at radius 3 is 2.00 bits per heavy atom. The third-order valence-corrected chi connectivity index (χ3v) is 4.21. The van der Waals surface area contributed by atoms with Gasteiger partial charge in [0.05, 0.1) is 11.2 Å². The van der Waals surface area contributed by atoms with Crippen LogP contribution in [0.5, 0.6) is 0 Å². The van der Waals surface area contributed by atoms with E-state index in [4.69, 9.17) is 15.0 Å². The van der Waals surface area contributed by atoms with Crippen LogP contribution in [0.25, 0.3) is 0 Å². The summed E-state index contributed by atoms with van der Waals surface area (Å²) in [5.74, 6) is -0.149. The second-order valence-corrected chi connectivity index (χ2v) is 6.48. The predicted molar refractivity (Wildman–Crippen MR) is 78.9 cm³/mol. The van der Waals surface area contributed by atoms with E-state index in [0.29, 0.717) is 0 Å². The van der Waals surface area contributed by atoms with E-state index in [1.54, 1.807) is 0 Å². The maximum Gasteiger partial charge on any atom is 0.476 e. The SMILES string of the molecule is Cc1ccc(C[C@H](N)B2OC(C)(C)C(C)(C)O2)cc1. The van der Waals surface area contributed by atoms with Crippen molar-refractivity contribution in [1.29, 1.82) is 0 Å². The van der Waals surface area contributed by atoms with Crippen LogP contribution < -0.4 is 5.73 Å². The van der Waals surface area contributed by atoms with Crippen molar-refractivity contribution in [2.45, 2.75) is 58.2 Å². The highest BCUT2D eigenvalue weighted by Gasteiger charge is 2.52. The van der Waals surface area contributed by atoms with Crippen LogP contribution in [0.4, 0.5) is 0 Å². The molecule has 3 nitrogen and oxygen atoms in total. The van der Waals surface area contributed by atoms with Gasteiger partial charge in [0, 0.05) is 5.94 Å². The third kappa shape index (κ3) is 3.02. The van der Waals surface area contributed by atoms with Crippen molar-refractivity contribution in [3.05, 3.63) is 35.4 Å². The third-order valence-electron chi connectivity index (χ3n) is 4.21. The summed E-state index contributed by atoms with van der Waals surface area (Å²) in [5.41, 5.74) is 8.08. The highest BCUT2D eigenvalue weighted by Crippen LogP contribution is 2.37. The van der Waals surface area contributed by atoms with E-state index in [9.17, 15) is 0 Å². The molecule has 1 heterocycles. The summed E-state index contributed by atoms with van der Waals surface area (Å²) < 4.78 is 11.9. The minimum Gasteiger partial charge on any atom is -0.402 e. The minimum atomic E-state index is -0.341. The van der Waals surface area contributed by atoms with E-state index in [0.717, 1.165) is 6.42 Å². The molecule has 0 amide bonds. The lowest BCUT2D eigenvalue weighted by molar-refractivity contribution is 0.00578. The number of hydrogen-bond acceptors (Lipinski definition) is 3. The number of rotatable bonds is 3. The van der Waals surface area contributed by atoms with Gasteiger partial charge in [-0.05, 0) is 46.6 Å². The van der Waals surface area contributed by atoms with Crippen molar-refractivity contribution in [2.24, 2.45) is 5.73 Å². The Morgan fingerprint density at radius 1 is 1.05 bits per heavy atom. The van der Waals surface area contributed by atoms with E-state index < -0.39 is 0 Å². The lowest BCUT2D eigenvalue weighted by Crippen LogP contribution is -2.43. The van der Waals surface area contributed by atoms with Gasteiger partial charge in [-0.2, -0.15) is 0 Å². The molecule has 2 rings (SSSR count). The number of benzene rings is 1. The van der Waals surface area contributed by atoms with Crippen LogP contribution in [0.3, 0.4) is 0 Å². The first-order valence-electron chi connectivity index (χ1n) is 6.88. The first-order valence-corrected chi connectivity index (χ1v) is 6.88. The fraction of sp³-hybridized carbons (Fsp3) is 0.600. The van der Waals surface area contributed by atoms with Gasteiger partial charge in [-0.25, -0.2) is 0 Å². The number of hydrogen-bond donors (Lipinski definition) is 1. The van der Waals surface area contributed by atoms with Crippen LogP contribution in [0.15, 0.2) is 24.3 Å². The Kier molecular flexibility index (Phi) is 3.78. The number of aryl methyl sites for hydroxylation is 1. The summed E-state index contributed by atoms with van der Waals surface area (Å²) in [6.45, 7) is 10.3. The second-order valence-electron chi connectivity index (χ2n) is 6.48. The quantitative estimate of drug-likeness (QED) is 0.850. The monoisotopic (exact) mass is 261 g/mol. The first-order chi connectivity index (χ1) is 8.71. The van der Waals surface area contributed by atoms with Gasteiger partial charge < -0.3 is 15.0 Å². The average Bonchev–Trinajstić information content (AvgIpc) is 2.51. The minimum absolute atomic E-state index is 0.149. The molecule has 4 heteroatoms. The highest BCUT2D eigenvalue weighted by molar-refractivity contribution is 6.47. The lowest BCUT2D eigenvalue weighted by atomic mass is 9.75. The molecule has 1 atom stereocenters. The zero-order chi connectivity index (χ0) is 14.3. The molecule has 0 saturated carbocycles. The molecule has 19 heavy (non-hydrogen) atoms. The summed E-state index contributed by atoms with van der Waals surface area (Å²) in [4.78, 5) is 0. The summed E-state index contributed by atoms with van der Waals surface area (Å²) in [6.07, 6.45) is 0.761. The second kappa shape index (κ2) is 4.93. The van der Waals surface area contributed by atoms with E-state index in [1.807, 2.05) is 27.7 Å². The molecule has 1 aromatic rings. The summed E-state index contributed by atoms with van der Waals surface area (Å²) in [6, 6.07) is 8.43. The topological polar surface area (TPSA) is 44.5 Å². The van der Waals surface area contributed by atoms with Crippen LogP contribution >= 0.6 is 0 Å². The molecule has 0 aromatic heterocycles. The van der Waals surface area contributed by atoms with Gasteiger partial charge in [-0.15, -0.1) is 0 Å². The molecule has 1 aromatic carbocycles. The molecule has 0 bridgehead atoms. The van der Waals surface area contributed by atoms with Gasteiger partial charge in [0.1, 0.15) is 0 Å². The molecule has 1 aliphatic heterocycles. The number of nitrogens with two attached hydrogens (primary N) is 1. The van der Waals surface area contributed by atoms with Crippen molar-refractivity contribution in [3.8, 4) is 0 Å². The molecule has 0 aliphatic carbocycles. The maximum absolute atomic E-state index is 6.24. The van der Waals surface area contributed by atoms with Crippen molar-refractivity contribution >= 4 is 7.12 Å². The fourth-order valence-electron chi connectivity index (χ4n) is 2.16. The smallest absolute Gasteiger partial charge is 0.402 e. The summed E-state index contributed by atoms with van der Waals surface area (Å²) in [5, 5.41) is 0. The molecular weight excluding hydrogens is 237 g/mol. The Balaban J connectivity index is 2.02. The molecule has 0 unspecified atom stereocenters. The molecule has 1 aliphatic rings. The molecule has 104 valence electrons. The molecular formula is C15H24BNO2. The lowest BCUT2D eigenvalue weighted by Gasteiger charge is -2.32. The van der Waals surface area contributed by atoms with Gasteiger partial charge in [-0.1, -0.05) is 29.8 Å². The van der Waals surface area contributed by atoms with Gasteiger partial charge >= 0.3 is 7.12 Å². The van der Waals surface area contributed by atoms with Crippen molar-refractivity contribution in [3.63, 3.8) is 0 Å². The van der Waals surface area contributed by atoms with Crippen molar-refractivity contribution < 1.29 is 9.31 Å². The van der Waals surface area contributed by atoms with Crippen LogP contribution in [0.1, 0.15) is 38.8 Å². The zero-order valence-electron chi connectivity index (χ0n) is 12.6. The average molecular weight is 261 g/mol. The van der Waals surface area contributed by atoms with E-state index >= 15 is 0 Å². The molecule has 0 spiro atoms. The molecule has 0 radical (unpaired) electrons. The standard InChI is InChI=1S/C15H24BNO2/c1-11-6-8-12(9-7-11)10-13(17)16-18-14(2,3)15(4,5)19-16/h6-9,13H,10,17H2,1-5H3/t13-/m0/s1. The maximum atomic E-state index is 6.24. The van der Waals surface area contributed by atoms with Crippen LogP contribution in [0.2, 0.25) is 0 Å². The Morgan fingerprint density at radius 2 is 1.53 bits per heavy atom. The van der Waals surface area contributed by atoms with Gasteiger partial charge in [0.15, 0.2) is 0 Å². The van der Waals surface area contributed by atoms with Gasteiger partial charge in [-0.3, -0.25) is 0 Å². The van der Waals surface area contributed by atoms with Crippen molar-refractivity contribution in [2.75, 3.05) is 0 Å². The Hall–Kier alpha value is -0.835. The van der Waals surface area contributed by atoms with Crippen molar-refractivity contribution in [1.82, 2.24) is 0 Å². The first kappa shape index (κ1) is 14.6. The van der Waals surface area contributed by atoms with Crippen LogP contribution in [0, 0.1) is 6.92 Å². The van der Waals surface area contributed by atoms with Crippen LogP contribution in [-0.4, -0.2) is 24.3 Å². The van der Waals surface area contributed by atoms with Gasteiger partial charge in [0.25, 0.3) is 0 Å².